The molecule has 1 aromatic carbocycles. The molecule has 0 radical (unpaired) electrons. The lowest BCUT2D eigenvalue weighted by atomic mass is 10.1. The molecule has 2 N–H and O–H groups in total. The second kappa shape index (κ2) is 5.69. The second-order valence-electron chi connectivity index (χ2n) is 5.38. The Morgan fingerprint density at radius 1 is 1.29 bits per heavy atom. The molecule has 0 spiro atoms. The van der Waals surface area contributed by atoms with Gasteiger partial charge in [-0.1, -0.05) is 0 Å². The fourth-order valence-corrected chi connectivity index (χ4v) is 2.72. The summed E-state index contributed by atoms with van der Waals surface area (Å²) in [6, 6.07) is 9.24. The molecule has 3 heterocycles. The third-order valence-corrected chi connectivity index (χ3v) is 3.88. The first-order valence-electron chi connectivity index (χ1n) is 7.47. The van der Waals surface area contributed by atoms with Crippen molar-refractivity contribution in [3.05, 3.63) is 54.5 Å². The normalized spacial score (nSPS) is 11.0. The molecule has 7 heteroatoms. The van der Waals surface area contributed by atoms with E-state index >= 15 is 0 Å². The van der Waals surface area contributed by atoms with Crippen molar-refractivity contribution in [3.63, 3.8) is 0 Å². The molecule has 4 rings (SSSR count). The van der Waals surface area contributed by atoms with Crippen LogP contribution in [0.1, 0.15) is 5.56 Å². The number of carbonyl (C=O) groups excluding carboxylic acids is 1. The number of H-pyrrole nitrogens is 1. The molecule has 0 unspecified atom stereocenters. The summed E-state index contributed by atoms with van der Waals surface area (Å²) in [4.78, 5) is 19.8. The maximum atomic E-state index is 12.4. The Labute approximate surface area is 137 Å². The van der Waals surface area contributed by atoms with Crippen molar-refractivity contribution in [1.82, 2.24) is 19.6 Å². The van der Waals surface area contributed by atoms with Gasteiger partial charge in [0.15, 0.2) is 5.65 Å². The smallest absolute Gasteiger partial charge is 0.230 e. The number of aromatic nitrogens is 4. The van der Waals surface area contributed by atoms with Gasteiger partial charge in [0.2, 0.25) is 5.91 Å². The Morgan fingerprint density at radius 3 is 3.08 bits per heavy atom. The number of hydrogen-bond donors (Lipinski definition) is 2. The first-order chi connectivity index (χ1) is 11.7. The highest BCUT2D eigenvalue weighted by molar-refractivity contribution is 5.95. The fourth-order valence-electron chi connectivity index (χ4n) is 2.72. The lowest BCUT2D eigenvalue weighted by Crippen LogP contribution is -2.16. The fraction of sp³-hybridized carbons (Fsp3) is 0.118. The van der Waals surface area contributed by atoms with Crippen LogP contribution >= 0.6 is 0 Å². The third-order valence-electron chi connectivity index (χ3n) is 3.88. The minimum absolute atomic E-state index is 0.123. The molecule has 3 aromatic heterocycles. The Balaban J connectivity index is 1.59. The highest BCUT2D eigenvalue weighted by Crippen LogP contribution is 2.24. The second-order valence-corrected chi connectivity index (χ2v) is 5.38. The number of fused-ring (bicyclic) bond motifs is 2. The van der Waals surface area contributed by atoms with Crippen molar-refractivity contribution in [2.24, 2.45) is 0 Å². The van der Waals surface area contributed by atoms with Gasteiger partial charge in [-0.3, -0.25) is 4.79 Å². The van der Waals surface area contributed by atoms with E-state index in [4.69, 9.17) is 4.74 Å². The Kier molecular flexibility index (Phi) is 3.38. The van der Waals surface area contributed by atoms with Crippen molar-refractivity contribution in [2.75, 3.05) is 12.4 Å². The van der Waals surface area contributed by atoms with E-state index in [0.717, 1.165) is 22.2 Å². The zero-order valence-electron chi connectivity index (χ0n) is 13.0. The van der Waals surface area contributed by atoms with Crippen molar-refractivity contribution in [2.45, 2.75) is 6.42 Å². The SMILES string of the molecule is COc1ccc2[nH]cc(CC(=O)Nc3ccnc4ccnn34)c2c1. The van der Waals surface area contributed by atoms with Gasteiger partial charge in [-0.25, -0.2) is 4.98 Å². The number of nitrogens with one attached hydrogen (secondary N) is 2. The van der Waals surface area contributed by atoms with Crippen LogP contribution in [0.25, 0.3) is 16.6 Å². The molecular weight excluding hydrogens is 306 g/mol. The molecule has 0 aliphatic carbocycles. The standard InChI is InChI=1S/C17H15N5O2/c1-24-12-2-3-14-13(9-12)11(10-19-14)8-17(23)21-16-4-6-18-15-5-7-20-22(15)16/h2-7,9-10,19H,8H2,1H3,(H,21,23). The predicted molar refractivity (Wildman–Crippen MR) is 90.2 cm³/mol. The topological polar surface area (TPSA) is 84.3 Å². The molecule has 1 amide bonds. The third kappa shape index (κ3) is 2.45. The summed E-state index contributed by atoms with van der Waals surface area (Å²) in [7, 11) is 1.62. The summed E-state index contributed by atoms with van der Waals surface area (Å²) in [5, 5.41) is 8.01. The number of carbonyl (C=O) groups is 1. The van der Waals surface area contributed by atoms with Gasteiger partial charge >= 0.3 is 0 Å². The number of benzene rings is 1. The van der Waals surface area contributed by atoms with E-state index in [-0.39, 0.29) is 12.3 Å². The summed E-state index contributed by atoms with van der Waals surface area (Å²) in [6.45, 7) is 0. The van der Waals surface area contributed by atoms with Crippen LogP contribution in [0.2, 0.25) is 0 Å². The van der Waals surface area contributed by atoms with E-state index < -0.39 is 0 Å². The molecule has 24 heavy (non-hydrogen) atoms. The van der Waals surface area contributed by atoms with E-state index in [1.165, 1.54) is 0 Å². The first kappa shape index (κ1) is 14.3. The summed E-state index contributed by atoms with van der Waals surface area (Å²) >= 11 is 0. The lowest BCUT2D eigenvalue weighted by molar-refractivity contribution is -0.115. The summed E-state index contributed by atoms with van der Waals surface area (Å²) in [5.74, 6) is 1.23. The number of aromatic amines is 1. The van der Waals surface area contributed by atoms with Crippen LogP contribution in [0.5, 0.6) is 5.75 Å². The zero-order valence-corrected chi connectivity index (χ0v) is 13.0. The van der Waals surface area contributed by atoms with Gasteiger partial charge < -0.3 is 15.0 Å². The van der Waals surface area contributed by atoms with Crippen LogP contribution in [-0.2, 0) is 11.2 Å². The van der Waals surface area contributed by atoms with Crippen molar-refractivity contribution in [1.29, 1.82) is 0 Å². The van der Waals surface area contributed by atoms with Gasteiger partial charge in [-0.05, 0) is 29.8 Å². The zero-order chi connectivity index (χ0) is 16.5. The number of anilines is 1. The number of nitrogens with zero attached hydrogens (tertiary/aromatic N) is 3. The largest absolute Gasteiger partial charge is 0.497 e. The molecule has 7 nitrogen and oxygen atoms in total. The van der Waals surface area contributed by atoms with Crippen LogP contribution in [0.15, 0.2) is 48.9 Å². The number of rotatable bonds is 4. The highest BCUT2D eigenvalue weighted by Gasteiger charge is 2.11. The van der Waals surface area contributed by atoms with Gasteiger partial charge in [0.05, 0.1) is 19.7 Å². The summed E-state index contributed by atoms with van der Waals surface area (Å²) in [5.41, 5.74) is 2.56. The van der Waals surface area contributed by atoms with Gasteiger partial charge in [-0.2, -0.15) is 9.61 Å². The summed E-state index contributed by atoms with van der Waals surface area (Å²) < 4.78 is 6.85. The number of methoxy groups -OCH3 is 1. The Morgan fingerprint density at radius 2 is 2.21 bits per heavy atom. The van der Waals surface area contributed by atoms with Gasteiger partial charge in [-0.15, -0.1) is 0 Å². The maximum Gasteiger partial charge on any atom is 0.230 e. The first-order valence-corrected chi connectivity index (χ1v) is 7.47. The van der Waals surface area contributed by atoms with Crippen LogP contribution in [0.3, 0.4) is 0 Å². The van der Waals surface area contributed by atoms with E-state index in [1.54, 1.807) is 36.2 Å². The van der Waals surface area contributed by atoms with Crippen molar-refractivity contribution < 1.29 is 9.53 Å². The number of ether oxygens (including phenoxy) is 1. The van der Waals surface area contributed by atoms with Crippen LogP contribution in [0.4, 0.5) is 5.82 Å². The molecule has 4 aromatic rings. The highest BCUT2D eigenvalue weighted by atomic mass is 16.5. The maximum absolute atomic E-state index is 12.4. The number of hydrogen-bond acceptors (Lipinski definition) is 4. The van der Waals surface area contributed by atoms with E-state index in [0.29, 0.717) is 11.5 Å². The average molecular weight is 321 g/mol. The molecule has 0 bridgehead atoms. The van der Waals surface area contributed by atoms with Crippen LogP contribution < -0.4 is 10.1 Å². The van der Waals surface area contributed by atoms with Gasteiger partial charge in [0.1, 0.15) is 11.6 Å². The molecule has 0 aliphatic rings. The van der Waals surface area contributed by atoms with E-state index in [2.05, 4.69) is 20.4 Å². The molecule has 0 saturated carbocycles. The molecular formula is C17H15N5O2. The molecule has 0 fully saturated rings. The Hall–Kier alpha value is -3.35. The van der Waals surface area contributed by atoms with E-state index in [1.807, 2.05) is 24.4 Å². The average Bonchev–Trinajstić information content (AvgIpc) is 3.22. The minimum Gasteiger partial charge on any atom is -0.497 e. The van der Waals surface area contributed by atoms with Crippen molar-refractivity contribution in [3.8, 4) is 5.75 Å². The van der Waals surface area contributed by atoms with Gasteiger partial charge in [0, 0.05) is 29.4 Å². The summed E-state index contributed by atoms with van der Waals surface area (Å²) in [6.07, 6.45) is 5.38. The molecule has 0 atom stereocenters. The molecule has 0 aliphatic heterocycles. The molecule has 0 saturated heterocycles. The molecule has 120 valence electrons. The lowest BCUT2D eigenvalue weighted by Gasteiger charge is -2.07. The number of amides is 1. The Bertz CT molecular complexity index is 1030. The van der Waals surface area contributed by atoms with Crippen LogP contribution in [-0.4, -0.2) is 32.6 Å². The van der Waals surface area contributed by atoms with Crippen molar-refractivity contribution >= 4 is 28.3 Å². The van der Waals surface area contributed by atoms with Crippen LogP contribution in [0, 0.1) is 0 Å². The predicted octanol–water partition coefficient (Wildman–Crippen LogP) is 2.40. The minimum atomic E-state index is -0.123. The van der Waals surface area contributed by atoms with E-state index in [9.17, 15) is 4.79 Å². The van der Waals surface area contributed by atoms with Gasteiger partial charge in [0.25, 0.3) is 0 Å². The quantitative estimate of drug-likeness (QED) is 0.604. The monoisotopic (exact) mass is 321 g/mol.